The number of hydrogen-bond donors (Lipinski definition) is 1. The lowest BCUT2D eigenvalue weighted by molar-refractivity contribution is 0.0599. The van der Waals surface area contributed by atoms with Crippen LogP contribution in [0.5, 0.6) is 0 Å². The van der Waals surface area contributed by atoms with Crippen molar-refractivity contribution in [1.29, 1.82) is 0 Å². The van der Waals surface area contributed by atoms with Crippen molar-refractivity contribution < 1.29 is 19.4 Å². The molecule has 0 saturated carbocycles. The Hall–Kier alpha value is -3.20. The van der Waals surface area contributed by atoms with E-state index >= 15 is 0 Å². The van der Waals surface area contributed by atoms with Crippen LogP contribution in [-0.2, 0) is 10.5 Å². The summed E-state index contributed by atoms with van der Waals surface area (Å²) in [5.74, 6) is -0.758. The van der Waals surface area contributed by atoms with Gasteiger partial charge in [-0.1, -0.05) is 23.9 Å². The first-order chi connectivity index (χ1) is 12.6. The molecule has 1 heterocycles. The summed E-state index contributed by atoms with van der Waals surface area (Å²) in [5.41, 5.74) is 2.35. The Balaban J connectivity index is 1.71. The second-order valence-electron chi connectivity index (χ2n) is 5.20. The molecule has 0 aliphatic carbocycles. The number of carbonyl (C=O) groups is 2. The van der Waals surface area contributed by atoms with E-state index in [1.807, 2.05) is 12.1 Å². The predicted octanol–water partition coefficient (Wildman–Crippen LogP) is 2.44. The zero-order valence-corrected chi connectivity index (χ0v) is 14.5. The summed E-state index contributed by atoms with van der Waals surface area (Å²) in [6.45, 7) is 0. The van der Waals surface area contributed by atoms with Crippen LogP contribution in [0.15, 0.2) is 53.7 Å². The second kappa shape index (κ2) is 7.79. The Morgan fingerprint density at radius 3 is 2.35 bits per heavy atom. The Kier molecular flexibility index (Phi) is 5.28. The maximum absolute atomic E-state index is 11.4. The van der Waals surface area contributed by atoms with Crippen molar-refractivity contribution in [3.63, 3.8) is 0 Å². The number of methoxy groups -OCH3 is 1. The molecular weight excluding hydrogens is 356 g/mol. The number of aromatic carboxylic acids is 1. The number of carboxylic acids is 1. The van der Waals surface area contributed by atoms with Crippen LogP contribution in [0, 0.1) is 0 Å². The highest BCUT2D eigenvalue weighted by atomic mass is 32.2. The van der Waals surface area contributed by atoms with Crippen molar-refractivity contribution in [1.82, 2.24) is 20.2 Å². The SMILES string of the molecule is COC(=O)c1ccc(CSc2nnnn2-c2ccc(C(=O)O)cc2)cc1. The summed E-state index contributed by atoms with van der Waals surface area (Å²) in [7, 11) is 1.34. The fourth-order valence-corrected chi connectivity index (χ4v) is 3.03. The van der Waals surface area contributed by atoms with E-state index in [-0.39, 0.29) is 11.5 Å². The number of esters is 1. The molecule has 1 N–H and O–H groups in total. The summed E-state index contributed by atoms with van der Waals surface area (Å²) in [5, 5.41) is 21.2. The third kappa shape index (κ3) is 3.89. The van der Waals surface area contributed by atoms with Crippen LogP contribution in [-0.4, -0.2) is 44.4 Å². The molecule has 1 aromatic heterocycles. The first-order valence-electron chi connectivity index (χ1n) is 7.50. The number of tetrazole rings is 1. The summed E-state index contributed by atoms with van der Waals surface area (Å²) in [6.07, 6.45) is 0. The summed E-state index contributed by atoms with van der Waals surface area (Å²) < 4.78 is 6.21. The normalized spacial score (nSPS) is 10.5. The molecule has 0 aliphatic rings. The van der Waals surface area contributed by atoms with E-state index in [4.69, 9.17) is 5.11 Å². The highest BCUT2D eigenvalue weighted by Crippen LogP contribution is 2.23. The van der Waals surface area contributed by atoms with Gasteiger partial charge in [0.1, 0.15) is 0 Å². The number of ether oxygens (including phenoxy) is 1. The minimum Gasteiger partial charge on any atom is -0.478 e. The van der Waals surface area contributed by atoms with Gasteiger partial charge in [0.05, 0.1) is 23.9 Å². The molecule has 0 fully saturated rings. The first kappa shape index (κ1) is 17.6. The van der Waals surface area contributed by atoms with Crippen LogP contribution in [0.3, 0.4) is 0 Å². The van der Waals surface area contributed by atoms with Crippen molar-refractivity contribution in [2.75, 3.05) is 7.11 Å². The van der Waals surface area contributed by atoms with E-state index < -0.39 is 5.97 Å². The van der Waals surface area contributed by atoms with Gasteiger partial charge in [0.2, 0.25) is 5.16 Å². The molecule has 9 heteroatoms. The summed E-state index contributed by atoms with van der Waals surface area (Å²) in [6, 6.07) is 13.4. The quantitative estimate of drug-likeness (QED) is 0.521. The number of benzene rings is 2. The number of aromatic nitrogens is 4. The van der Waals surface area contributed by atoms with Crippen molar-refractivity contribution in [2.45, 2.75) is 10.9 Å². The predicted molar refractivity (Wildman–Crippen MR) is 93.5 cm³/mol. The van der Waals surface area contributed by atoms with Crippen LogP contribution in [0.25, 0.3) is 5.69 Å². The van der Waals surface area contributed by atoms with Gasteiger partial charge in [0.15, 0.2) is 0 Å². The number of nitrogens with zero attached hydrogens (tertiary/aromatic N) is 4. The molecule has 132 valence electrons. The number of rotatable bonds is 6. The molecule has 0 spiro atoms. The Labute approximate surface area is 152 Å². The van der Waals surface area contributed by atoms with Crippen LogP contribution in [0.2, 0.25) is 0 Å². The number of carboxylic acid groups (broad SMARTS) is 1. The lowest BCUT2D eigenvalue weighted by atomic mass is 10.1. The molecular formula is C17H14N4O4S. The van der Waals surface area contributed by atoms with Gasteiger partial charge < -0.3 is 9.84 Å². The number of thioether (sulfide) groups is 1. The smallest absolute Gasteiger partial charge is 0.337 e. The molecule has 0 aliphatic heterocycles. The number of hydrogen-bond acceptors (Lipinski definition) is 7. The highest BCUT2D eigenvalue weighted by Gasteiger charge is 2.11. The molecule has 8 nitrogen and oxygen atoms in total. The molecule has 26 heavy (non-hydrogen) atoms. The molecule has 0 radical (unpaired) electrons. The lowest BCUT2D eigenvalue weighted by Crippen LogP contribution is -2.02. The maximum Gasteiger partial charge on any atom is 0.337 e. The average Bonchev–Trinajstić information content (AvgIpc) is 3.15. The zero-order chi connectivity index (χ0) is 18.5. The van der Waals surface area contributed by atoms with E-state index in [2.05, 4.69) is 20.3 Å². The second-order valence-corrected chi connectivity index (χ2v) is 6.14. The lowest BCUT2D eigenvalue weighted by Gasteiger charge is -2.05. The molecule has 3 aromatic rings. The molecule has 2 aromatic carbocycles. The standard InChI is InChI=1S/C17H14N4O4S/c1-25-16(24)13-4-2-11(3-5-13)10-26-17-18-19-20-21(17)14-8-6-12(7-9-14)15(22)23/h2-9H,10H2,1H3,(H,22,23). The average molecular weight is 370 g/mol. The van der Waals surface area contributed by atoms with E-state index in [9.17, 15) is 9.59 Å². The Bertz CT molecular complexity index is 923. The third-order valence-electron chi connectivity index (χ3n) is 3.54. The molecule has 0 atom stereocenters. The van der Waals surface area contributed by atoms with Crippen LogP contribution < -0.4 is 0 Å². The van der Waals surface area contributed by atoms with Gasteiger partial charge in [-0.3, -0.25) is 0 Å². The minimum absolute atomic E-state index is 0.196. The van der Waals surface area contributed by atoms with Crippen molar-refractivity contribution >= 4 is 23.7 Å². The molecule has 0 amide bonds. The van der Waals surface area contributed by atoms with E-state index in [0.717, 1.165) is 5.56 Å². The number of carbonyl (C=O) groups excluding carboxylic acids is 1. The van der Waals surface area contributed by atoms with Gasteiger partial charge in [0.25, 0.3) is 0 Å². The van der Waals surface area contributed by atoms with Gasteiger partial charge >= 0.3 is 11.9 Å². The van der Waals surface area contributed by atoms with Crippen LogP contribution >= 0.6 is 11.8 Å². The van der Waals surface area contributed by atoms with Gasteiger partial charge in [-0.05, 0) is 52.4 Å². The molecule has 3 rings (SSSR count). The highest BCUT2D eigenvalue weighted by molar-refractivity contribution is 7.98. The van der Waals surface area contributed by atoms with Gasteiger partial charge in [0, 0.05) is 5.75 Å². The Morgan fingerprint density at radius 1 is 1.08 bits per heavy atom. The van der Waals surface area contributed by atoms with E-state index in [1.54, 1.807) is 28.9 Å². The monoisotopic (exact) mass is 370 g/mol. The fourth-order valence-electron chi connectivity index (χ4n) is 2.18. The largest absolute Gasteiger partial charge is 0.478 e. The van der Waals surface area contributed by atoms with Crippen molar-refractivity contribution in [3.8, 4) is 5.69 Å². The van der Waals surface area contributed by atoms with Crippen molar-refractivity contribution in [3.05, 3.63) is 65.2 Å². The van der Waals surface area contributed by atoms with Gasteiger partial charge in [-0.15, -0.1) is 5.10 Å². The first-order valence-corrected chi connectivity index (χ1v) is 8.49. The molecule has 0 unspecified atom stereocenters. The molecule has 0 bridgehead atoms. The van der Waals surface area contributed by atoms with Crippen LogP contribution in [0.4, 0.5) is 0 Å². The maximum atomic E-state index is 11.4. The third-order valence-corrected chi connectivity index (χ3v) is 4.53. The van der Waals surface area contributed by atoms with E-state index in [1.165, 1.54) is 31.0 Å². The summed E-state index contributed by atoms with van der Waals surface area (Å²) in [4.78, 5) is 22.4. The van der Waals surface area contributed by atoms with E-state index in [0.29, 0.717) is 22.2 Å². The minimum atomic E-state index is -0.988. The van der Waals surface area contributed by atoms with Crippen molar-refractivity contribution in [2.24, 2.45) is 0 Å². The van der Waals surface area contributed by atoms with Crippen LogP contribution in [0.1, 0.15) is 26.3 Å². The fraction of sp³-hybridized carbons (Fsp3) is 0.118. The Morgan fingerprint density at radius 2 is 1.73 bits per heavy atom. The van der Waals surface area contributed by atoms with Gasteiger partial charge in [-0.2, -0.15) is 4.68 Å². The zero-order valence-electron chi connectivity index (χ0n) is 13.7. The topological polar surface area (TPSA) is 107 Å². The molecule has 0 saturated heterocycles. The van der Waals surface area contributed by atoms with Gasteiger partial charge in [-0.25, -0.2) is 9.59 Å². The summed E-state index contributed by atoms with van der Waals surface area (Å²) >= 11 is 1.43.